The number of aldehydes is 1. The van der Waals surface area contributed by atoms with Crippen molar-refractivity contribution in [3.63, 3.8) is 0 Å². The average molecular weight is 346 g/mol. The largest absolute Gasteiger partial charge is 0.452 e. The second-order valence-electron chi connectivity index (χ2n) is 6.12. The van der Waals surface area contributed by atoms with E-state index in [1.54, 1.807) is 12.1 Å². The van der Waals surface area contributed by atoms with Crippen molar-refractivity contribution in [1.29, 1.82) is 0 Å². The molecule has 0 unspecified atom stereocenters. The van der Waals surface area contributed by atoms with E-state index in [1.807, 2.05) is 30.3 Å². The van der Waals surface area contributed by atoms with E-state index in [0.717, 1.165) is 18.8 Å². The molecule has 1 heterocycles. The Morgan fingerprint density at radius 1 is 1.08 bits per heavy atom. The van der Waals surface area contributed by atoms with E-state index >= 15 is 0 Å². The van der Waals surface area contributed by atoms with Gasteiger partial charge < -0.3 is 9.32 Å². The van der Waals surface area contributed by atoms with Crippen LogP contribution in [0.15, 0.2) is 51.7 Å². The molecule has 0 fully saturated rings. The van der Waals surface area contributed by atoms with Gasteiger partial charge >= 0.3 is 0 Å². The van der Waals surface area contributed by atoms with E-state index in [4.69, 9.17) is 9.40 Å². The summed E-state index contributed by atoms with van der Waals surface area (Å²) in [6, 6.07) is 13.0. The van der Waals surface area contributed by atoms with Crippen LogP contribution in [-0.2, 0) is 0 Å². The summed E-state index contributed by atoms with van der Waals surface area (Å²) in [6.07, 6.45) is 0.558. The summed E-state index contributed by atoms with van der Waals surface area (Å²) < 4.78 is 6.02. The minimum absolute atomic E-state index is 0.0151. The Morgan fingerprint density at radius 2 is 1.81 bits per heavy atom. The van der Waals surface area contributed by atoms with Gasteiger partial charge in [-0.15, -0.1) is 0 Å². The van der Waals surface area contributed by atoms with E-state index in [-0.39, 0.29) is 16.8 Å². The molecule has 1 aliphatic carbocycles. The van der Waals surface area contributed by atoms with Crippen LogP contribution < -0.4 is 10.3 Å². The molecule has 1 aliphatic heterocycles. The summed E-state index contributed by atoms with van der Waals surface area (Å²) in [5.41, 5.74) is 2.48. The van der Waals surface area contributed by atoms with Gasteiger partial charge in [0.1, 0.15) is 16.8 Å². The zero-order chi connectivity index (χ0) is 18.3. The molecule has 2 aromatic rings. The molecule has 26 heavy (non-hydrogen) atoms. The third kappa shape index (κ3) is 2.36. The van der Waals surface area contributed by atoms with Crippen molar-refractivity contribution in [3.05, 3.63) is 58.3 Å². The van der Waals surface area contributed by atoms with E-state index in [1.165, 1.54) is 0 Å². The maximum absolute atomic E-state index is 12.7. The van der Waals surface area contributed by atoms with Gasteiger partial charge in [-0.1, -0.05) is 24.3 Å². The van der Waals surface area contributed by atoms with Crippen LogP contribution in [-0.4, -0.2) is 24.4 Å². The van der Waals surface area contributed by atoms with Gasteiger partial charge in [-0.05, 0) is 26.0 Å². The Bertz CT molecular complexity index is 1160. The maximum atomic E-state index is 12.7. The highest BCUT2D eigenvalue weighted by atomic mass is 16.3. The first-order chi connectivity index (χ1) is 12.7. The zero-order valence-electron chi connectivity index (χ0n) is 14.7. The van der Waals surface area contributed by atoms with Gasteiger partial charge in [-0.25, -0.2) is 4.98 Å². The molecule has 0 amide bonds. The lowest BCUT2D eigenvalue weighted by Crippen LogP contribution is -2.21. The molecule has 5 nitrogen and oxygen atoms in total. The van der Waals surface area contributed by atoms with Crippen LogP contribution in [0.25, 0.3) is 33.3 Å². The van der Waals surface area contributed by atoms with E-state index in [9.17, 15) is 9.59 Å². The van der Waals surface area contributed by atoms with Crippen molar-refractivity contribution >= 4 is 33.8 Å². The molecule has 0 N–H and O–H groups in total. The highest BCUT2D eigenvalue weighted by molar-refractivity contribution is 6.03. The first kappa shape index (κ1) is 16.3. The highest BCUT2D eigenvalue weighted by Gasteiger charge is 2.22. The Morgan fingerprint density at radius 3 is 2.50 bits per heavy atom. The third-order valence-corrected chi connectivity index (χ3v) is 4.77. The zero-order valence-corrected chi connectivity index (χ0v) is 14.7. The fraction of sp³-hybridized carbons (Fsp3) is 0.190. The number of nitrogens with zero attached hydrogens (tertiary/aromatic N) is 2. The minimum Gasteiger partial charge on any atom is -0.452 e. The molecule has 0 saturated carbocycles. The summed E-state index contributed by atoms with van der Waals surface area (Å²) in [6.45, 7) is 5.92. The molecule has 2 aromatic carbocycles. The van der Waals surface area contributed by atoms with Crippen molar-refractivity contribution in [1.82, 2.24) is 4.98 Å². The number of fused-ring (bicyclic) bond motifs is 4. The van der Waals surface area contributed by atoms with Crippen LogP contribution in [0, 0.1) is 0 Å². The van der Waals surface area contributed by atoms with Crippen LogP contribution in [0.2, 0.25) is 0 Å². The molecule has 0 spiro atoms. The second kappa shape index (κ2) is 6.26. The molecule has 4 rings (SSSR count). The van der Waals surface area contributed by atoms with Gasteiger partial charge in [0.2, 0.25) is 5.43 Å². The number of aromatic nitrogens is 1. The SMILES string of the molecule is CCN(CC)c1ccc2nc3c4ccccc4c(=O)c(C=O)c-3oc2c1. The van der Waals surface area contributed by atoms with Crippen molar-refractivity contribution < 1.29 is 9.21 Å². The van der Waals surface area contributed by atoms with Gasteiger partial charge in [-0.2, -0.15) is 0 Å². The Hall–Kier alpha value is -3.21. The van der Waals surface area contributed by atoms with Crippen LogP contribution in [0.1, 0.15) is 24.2 Å². The topological polar surface area (TPSA) is 63.4 Å². The molecule has 0 saturated heterocycles. The quantitative estimate of drug-likeness (QED) is 0.316. The average Bonchev–Trinajstić information content (AvgIpc) is 2.68. The summed E-state index contributed by atoms with van der Waals surface area (Å²) in [5.74, 6) is 0.243. The van der Waals surface area contributed by atoms with Gasteiger partial charge in [-0.3, -0.25) is 9.59 Å². The fourth-order valence-electron chi connectivity index (χ4n) is 3.40. The predicted molar refractivity (Wildman–Crippen MR) is 103 cm³/mol. The predicted octanol–water partition coefficient (Wildman–Crippen LogP) is 4.10. The van der Waals surface area contributed by atoms with Gasteiger partial charge in [0.25, 0.3) is 0 Å². The van der Waals surface area contributed by atoms with E-state index in [0.29, 0.717) is 33.9 Å². The smallest absolute Gasteiger partial charge is 0.200 e. The summed E-state index contributed by atoms with van der Waals surface area (Å²) >= 11 is 0. The van der Waals surface area contributed by atoms with Crippen molar-refractivity contribution in [2.75, 3.05) is 18.0 Å². The number of anilines is 1. The number of carbonyl (C=O) groups excluding carboxylic acids is 1. The highest BCUT2D eigenvalue weighted by Crippen LogP contribution is 2.33. The lowest BCUT2D eigenvalue weighted by molar-refractivity contribution is 0.112. The van der Waals surface area contributed by atoms with Crippen LogP contribution in [0.3, 0.4) is 0 Å². The van der Waals surface area contributed by atoms with Gasteiger partial charge in [0.15, 0.2) is 17.6 Å². The van der Waals surface area contributed by atoms with Gasteiger partial charge in [0, 0.05) is 35.6 Å². The first-order valence-electron chi connectivity index (χ1n) is 8.67. The van der Waals surface area contributed by atoms with Gasteiger partial charge in [0.05, 0.1) is 0 Å². The normalized spacial score (nSPS) is 11.3. The number of rotatable bonds is 4. The first-order valence-corrected chi connectivity index (χ1v) is 8.67. The van der Waals surface area contributed by atoms with Crippen LogP contribution in [0.5, 0.6) is 0 Å². The summed E-state index contributed by atoms with van der Waals surface area (Å²) in [5, 5.41) is 1.17. The molecule has 0 aromatic heterocycles. The van der Waals surface area contributed by atoms with Crippen molar-refractivity contribution in [3.8, 4) is 11.5 Å². The Balaban J connectivity index is 2.11. The summed E-state index contributed by atoms with van der Waals surface area (Å²) in [7, 11) is 0. The van der Waals surface area contributed by atoms with E-state index in [2.05, 4.69) is 18.7 Å². The Labute approximate surface area is 150 Å². The molecular weight excluding hydrogens is 328 g/mol. The molecule has 0 bridgehead atoms. The molecule has 0 atom stereocenters. The molecule has 130 valence electrons. The molecular formula is C21H18N2O3. The minimum atomic E-state index is -0.326. The third-order valence-electron chi connectivity index (χ3n) is 4.77. The molecule has 5 heteroatoms. The number of hydrogen-bond donors (Lipinski definition) is 0. The number of benzene rings is 3. The van der Waals surface area contributed by atoms with Crippen LogP contribution >= 0.6 is 0 Å². The molecule has 0 radical (unpaired) electrons. The van der Waals surface area contributed by atoms with Crippen molar-refractivity contribution in [2.45, 2.75) is 13.8 Å². The number of carbonyl (C=O) groups is 1. The maximum Gasteiger partial charge on any atom is 0.200 e. The van der Waals surface area contributed by atoms with Crippen LogP contribution in [0.4, 0.5) is 5.69 Å². The monoisotopic (exact) mass is 346 g/mol. The summed E-state index contributed by atoms with van der Waals surface area (Å²) in [4.78, 5) is 31.1. The standard InChI is InChI=1S/C21H18N2O3/c1-3-23(4-2)13-9-10-17-18(11-13)26-21-16(12-24)20(25)15-8-6-5-7-14(15)19(21)22-17/h5-12H,3-4H2,1-2H3. The lowest BCUT2D eigenvalue weighted by atomic mass is 10.00. The number of hydrogen-bond acceptors (Lipinski definition) is 5. The lowest BCUT2D eigenvalue weighted by Gasteiger charge is -2.21. The molecule has 2 aliphatic rings. The fourth-order valence-corrected chi connectivity index (χ4v) is 3.40. The van der Waals surface area contributed by atoms with E-state index < -0.39 is 0 Å². The van der Waals surface area contributed by atoms with Crippen molar-refractivity contribution in [2.24, 2.45) is 0 Å². The Kier molecular flexibility index (Phi) is 3.92. The second-order valence-corrected chi connectivity index (χ2v) is 6.12.